The Morgan fingerprint density at radius 3 is 2.65 bits per heavy atom. The van der Waals surface area contributed by atoms with Gasteiger partial charge < -0.3 is 9.80 Å². The van der Waals surface area contributed by atoms with Crippen molar-refractivity contribution in [2.75, 3.05) is 24.5 Å². The summed E-state index contributed by atoms with van der Waals surface area (Å²) in [6.07, 6.45) is 2.95. The molecule has 1 aromatic carbocycles. The summed E-state index contributed by atoms with van der Waals surface area (Å²) in [6.45, 7) is 12.4. The first kappa shape index (κ1) is 28.6. The summed E-state index contributed by atoms with van der Waals surface area (Å²) in [4.78, 5) is 43.7. The highest BCUT2D eigenvalue weighted by molar-refractivity contribution is 7.17. The highest BCUT2D eigenvalue weighted by Crippen LogP contribution is 2.38. The number of halogens is 2. The highest BCUT2D eigenvalue weighted by atomic mass is 32.1. The number of aromatic nitrogens is 4. The number of nitrogens with zero attached hydrogens (tertiary/aromatic N) is 6. The Labute approximate surface area is 250 Å². The van der Waals surface area contributed by atoms with Crippen molar-refractivity contribution < 1.29 is 13.6 Å². The number of hydrogen-bond donors (Lipinski definition) is 0. The largest absolute Gasteiger partial charge is 0.355 e. The number of piperazine rings is 1. The summed E-state index contributed by atoms with van der Waals surface area (Å²) >= 11 is 1.30. The summed E-state index contributed by atoms with van der Waals surface area (Å²) in [5, 5.41) is 2.88. The average Bonchev–Trinajstić information content (AvgIpc) is 3.46. The van der Waals surface area contributed by atoms with E-state index in [4.69, 9.17) is 4.98 Å². The first-order valence-electron chi connectivity index (χ1n) is 14.0. The van der Waals surface area contributed by atoms with Crippen molar-refractivity contribution in [2.45, 2.75) is 39.7 Å². The van der Waals surface area contributed by atoms with E-state index in [1.807, 2.05) is 44.0 Å². The van der Waals surface area contributed by atoms with Crippen LogP contribution >= 0.6 is 11.3 Å². The molecule has 5 aromatic rings. The molecule has 11 heteroatoms. The van der Waals surface area contributed by atoms with Gasteiger partial charge in [-0.05, 0) is 66.4 Å². The average molecular weight is 601 g/mol. The van der Waals surface area contributed by atoms with Crippen LogP contribution in [0.1, 0.15) is 37.9 Å². The Kier molecular flexibility index (Phi) is 7.29. The van der Waals surface area contributed by atoms with Gasteiger partial charge in [-0.3, -0.25) is 9.78 Å². The van der Waals surface area contributed by atoms with E-state index in [1.165, 1.54) is 34.1 Å². The monoisotopic (exact) mass is 600 g/mol. The van der Waals surface area contributed by atoms with Gasteiger partial charge in [0.1, 0.15) is 17.3 Å². The van der Waals surface area contributed by atoms with Gasteiger partial charge in [0.2, 0.25) is 5.91 Å². The van der Waals surface area contributed by atoms with E-state index in [0.29, 0.717) is 41.1 Å². The van der Waals surface area contributed by atoms with E-state index >= 15 is 8.78 Å². The fourth-order valence-corrected chi connectivity index (χ4v) is 6.75. The molecule has 1 amide bonds. The quantitative estimate of drug-likeness (QED) is 0.231. The molecule has 1 aliphatic heterocycles. The molecular formula is C32H30F2N6O2S. The Hall–Kier alpha value is -4.51. The minimum Gasteiger partial charge on any atom is -0.350 e. The lowest BCUT2D eigenvalue weighted by Gasteiger charge is -2.40. The first-order valence-corrected chi connectivity index (χ1v) is 14.9. The van der Waals surface area contributed by atoms with Crippen LogP contribution in [-0.2, 0) is 4.79 Å². The van der Waals surface area contributed by atoms with Crippen molar-refractivity contribution in [1.29, 1.82) is 0 Å². The van der Waals surface area contributed by atoms with Gasteiger partial charge in [0.25, 0.3) is 0 Å². The molecule has 0 radical (unpaired) electrons. The molecular weight excluding hydrogens is 570 g/mol. The molecule has 0 unspecified atom stereocenters. The molecule has 0 N–H and O–H groups in total. The minimum absolute atomic E-state index is 0.0428. The van der Waals surface area contributed by atoms with Gasteiger partial charge in [-0.25, -0.2) is 23.1 Å². The van der Waals surface area contributed by atoms with Crippen molar-refractivity contribution >= 4 is 44.2 Å². The summed E-state index contributed by atoms with van der Waals surface area (Å²) in [5.41, 5.74) is 1.32. The molecule has 0 spiro atoms. The molecule has 1 atom stereocenters. The van der Waals surface area contributed by atoms with Crippen LogP contribution in [0.5, 0.6) is 0 Å². The second-order valence-electron chi connectivity index (χ2n) is 11.1. The van der Waals surface area contributed by atoms with E-state index in [2.05, 4.69) is 16.5 Å². The van der Waals surface area contributed by atoms with E-state index < -0.39 is 17.3 Å². The molecule has 0 saturated carbocycles. The topological polar surface area (TPSA) is 84.2 Å². The van der Waals surface area contributed by atoms with E-state index in [9.17, 15) is 9.59 Å². The van der Waals surface area contributed by atoms with Gasteiger partial charge in [-0.15, -0.1) is 11.3 Å². The van der Waals surface area contributed by atoms with E-state index in [1.54, 1.807) is 23.2 Å². The number of pyridine rings is 2. The van der Waals surface area contributed by atoms with Crippen LogP contribution in [0, 0.1) is 18.6 Å². The Morgan fingerprint density at radius 2 is 1.93 bits per heavy atom. The summed E-state index contributed by atoms with van der Waals surface area (Å²) < 4.78 is 33.5. The number of anilines is 1. The third-order valence-electron chi connectivity index (χ3n) is 7.92. The second kappa shape index (κ2) is 11.0. The predicted octanol–water partition coefficient (Wildman–Crippen LogP) is 5.99. The number of thiophene rings is 1. The molecule has 1 aliphatic rings. The zero-order valence-corrected chi connectivity index (χ0v) is 25.1. The number of rotatable bonds is 5. The summed E-state index contributed by atoms with van der Waals surface area (Å²) in [6, 6.07) is 7.63. The molecule has 8 nitrogen and oxygen atoms in total. The predicted molar refractivity (Wildman–Crippen MR) is 166 cm³/mol. The van der Waals surface area contributed by atoms with E-state index in [0.717, 1.165) is 10.9 Å². The third-order valence-corrected chi connectivity index (χ3v) is 8.87. The maximum Gasteiger partial charge on any atom is 0.355 e. The van der Waals surface area contributed by atoms with Crippen LogP contribution in [0.4, 0.5) is 14.6 Å². The normalized spacial score (nSPS) is 15.6. The van der Waals surface area contributed by atoms with Crippen molar-refractivity contribution in [1.82, 2.24) is 24.4 Å². The zero-order valence-electron chi connectivity index (χ0n) is 24.3. The molecule has 0 bridgehead atoms. The summed E-state index contributed by atoms with van der Waals surface area (Å²) in [7, 11) is 0. The number of carbonyl (C=O) groups excluding carboxylic acids is 1. The Morgan fingerprint density at radius 1 is 1.14 bits per heavy atom. The van der Waals surface area contributed by atoms with Gasteiger partial charge >= 0.3 is 5.69 Å². The number of aryl methyl sites for hydroxylation is 1. The number of benzene rings is 1. The molecule has 1 fully saturated rings. The molecule has 0 aliphatic carbocycles. The van der Waals surface area contributed by atoms with Gasteiger partial charge in [0, 0.05) is 36.6 Å². The van der Waals surface area contributed by atoms with Crippen LogP contribution in [0.2, 0.25) is 0 Å². The van der Waals surface area contributed by atoms with Crippen LogP contribution in [0.3, 0.4) is 0 Å². The lowest BCUT2D eigenvalue weighted by atomic mass is 10.0. The van der Waals surface area contributed by atoms with Crippen molar-refractivity contribution in [3.05, 3.63) is 87.9 Å². The third kappa shape index (κ3) is 4.77. The van der Waals surface area contributed by atoms with Crippen molar-refractivity contribution in [2.24, 2.45) is 0 Å². The maximum absolute atomic E-state index is 16.2. The van der Waals surface area contributed by atoms with Gasteiger partial charge in [0.15, 0.2) is 11.5 Å². The van der Waals surface area contributed by atoms with E-state index in [-0.39, 0.29) is 40.6 Å². The maximum atomic E-state index is 16.2. The fourth-order valence-electron chi connectivity index (χ4n) is 5.82. The highest BCUT2D eigenvalue weighted by Gasteiger charge is 2.31. The second-order valence-corrected chi connectivity index (χ2v) is 12.0. The Balaban J connectivity index is 1.67. The van der Waals surface area contributed by atoms with Crippen LogP contribution in [0.25, 0.3) is 38.1 Å². The smallest absolute Gasteiger partial charge is 0.350 e. The molecule has 1 saturated heterocycles. The van der Waals surface area contributed by atoms with Crippen LogP contribution in [-0.4, -0.2) is 56.0 Å². The molecule has 6 rings (SSSR count). The number of carbonyl (C=O) groups is 1. The van der Waals surface area contributed by atoms with Crippen molar-refractivity contribution in [3.8, 4) is 16.9 Å². The minimum atomic E-state index is -0.735. The number of hydrogen-bond acceptors (Lipinski definition) is 7. The molecule has 4 aromatic heterocycles. The molecule has 220 valence electrons. The SMILES string of the molecule is C=CC(=O)N1CCN(c2nc(=O)n(-c3c(C)ccnc3C(C)C)c3nc(-c4c(F)ccc5ccsc45)c(F)cc23)[C@@H](C)C1. The number of fused-ring (bicyclic) bond motifs is 2. The van der Waals surface area contributed by atoms with Gasteiger partial charge in [0.05, 0.1) is 22.3 Å². The number of amides is 1. The first-order chi connectivity index (χ1) is 20.6. The standard InChI is InChI=1S/C32H30F2N6O2S/c1-6-24(41)38-12-13-39(19(5)16-38)30-21-15-23(34)27(25-22(33)8-7-20-10-14-43-29(20)25)36-31(21)40(32(42)37-30)28-18(4)9-11-35-26(28)17(2)3/h6-11,14-15,17,19H,1,12-13,16H2,2-5H3/t19-/m0/s1. The zero-order chi connectivity index (χ0) is 30.6. The van der Waals surface area contributed by atoms with Crippen LogP contribution in [0.15, 0.2) is 59.4 Å². The van der Waals surface area contributed by atoms with Gasteiger partial charge in [-0.2, -0.15) is 4.98 Å². The molecule has 43 heavy (non-hydrogen) atoms. The van der Waals surface area contributed by atoms with Gasteiger partial charge in [-0.1, -0.05) is 26.5 Å². The van der Waals surface area contributed by atoms with Crippen LogP contribution < -0.4 is 10.6 Å². The molecule has 5 heterocycles. The lowest BCUT2D eigenvalue weighted by Crippen LogP contribution is -2.54. The summed E-state index contributed by atoms with van der Waals surface area (Å²) in [5.74, 6) is -1.32. The fraction of sp³-hybridized carbons (Fsp3) is 0.281. The Bertz CT molecular complexity index is 1980. The van der Waals surface area contributed by atoms with Crippen molar-refractivity contribution in [3.63, 3.8) is 0 Å². The lowest BCUT2D eigenvalue weighted by molar-refractivity contribution is -0.126.